The van der Waals surface area contributed by atoms with Crippen LogP contribution in [-0.4, -0.2) is 49.0 Å². The molecular weight excluding hydrogens is 392 g/mol. The fourth-order valence-corrected chi connectivity index (χ4v) is 2.96. The van der Waals surface area contributed by atoms with Crippen LogP contribution in [0.1, 0.15) is 12.5 Å². The molecular formula is C20H22N4O4S. The van der Waals surface area contributed by atoms with Gasteiger partial charge in [0.15, 0.2) is 5.82 Å². The van der Waals surface area contributed by atoms with Gasteiger partial charge in [0, 0.05) is 12.1 Å². The first-order valence-corrected chi connectivity index (χ1v) is 9.27. The maximum absolute atomic E-state index is 5.71. The molecule has 0 fully saturated rings. The first-order chi connectivity index (χ1) is 14.1. The summed E-state index contributed by atoms with van der Waals surface area (Å²) in [5.74, 6) is 2.94. The zero-order valence-electron chi connectivity index (χ0n) is 16.6. The van der Waals surface area contributed by atoms with Crippen LogP contribution in [0.5, 0.6) is 23.0 Å². The number of ether oxygens (including phenoxy) is 4. The Morgan fingerprint density at radius 2 is 1.76 bits per heavy atom. The molecule has 9 heteroatoms. The molecule has 0 unspecified atom stereocenters. The van der Waals surface area contributed by atoms with Crippen LogP contribution in [0, 0.1) is 4.77 Å². The number of hydrogen-bond acceptors (Lipinski definition) is 7. The average Bonchev–Trinajstić information content (AvgIpc) is 3.12. The molecule has 0 amide bonds. The zero-order valence-corrected chi connectivity index (χ0v) is 17.4. The molecule has 0 spiro atoms. The lowest BCUT2D eigenvalue weighted by molar-refractivity contribution is 0.341. The first kappa shape index (κ1) is 20.4. The van der Waals surface area contributed by atoms with Crippen molar-refractivity contribution in [1.29, 1.82) is 0 Å². The Morgan fingerprint density at radius 1 is 1.07 bits per heavy atom. The highest BCUT2D eigenvalue weighted by atomic mass is 32.1. The maximum Gasteiger partial charge on any atom is 0.216 e. The Balaban J connectivity index is 2.09. The molecule has 3 rings (SSSR count). The molecule has 1 N–H and O–H groups in total. The molecule has 152 valence electrons. The van der Waals surface area contributed by atoms with Crippen molar-refractivity contribution in [3.8, 4) is 34.4 Å². The molecule has 0 aliphatic carbocycles. The van der Waals surface area contributed by atoms with E-state index in [9.17, 15) is 0 Å². The minimum atomic E-state index is 0.342. The number of aromatic nitrogens is 3. The fraction of sp³-hybridized carbons (Fsp3) is 0.250. The van der Waals surface area contributed by atoms with Gasteiger partial charge in [0.05, 0.1) is 45.3 Å². The lowest BCUT2D eigenvalue weighted by atomic mass is 10.2. The lowest BCUT2D eigenvalue weighted by Crippen LogP contribution is -2.01. The largest absolute Gasteiger partial charge is 0.496 e. The first-order valence-electron chi connectivity index (χ1n) is 8.86. The smallest absolute Gasteiger partial charge is 0.216 e. The van der Waals surface area contributed by atoms with Crippen LogP contribution in [0.2, 0.25) is 0 Å². The highest BCUT2D eigenvalue weighted by Gasteiger charge is 2.15. The number of nitrogens with one attached hydrogen (secondary N) is 1. The summed E-state index contributed by atoms with van der Waals surface area (Å²) < 4.78 is 23.8. The summed E-state index contributed by atoms with van der Waals surface area (Å²) in [7, 11) is 4.71. The second-order valence-electron chi connectivity index (χ2n) is 5.78. The second kappa shape index (κ2) is 9.24. The molecule has 1 heterocycles. The molecule has 29 heavy (non-hydrogen) atoms. The number of H-pyrrole nitrogens is 1. The third-order valence-electron chi connectivity index (χ3n) is 4.13. The van der Waals surface area contributed by atoms with Gasteiger partial charge >= 0.3 is 0 Å². The van der Waals surface area contributed by atoms with E-state index in [4.69, 9.17) is 31.2 Å². The molecule has 0 saturated heterocycles. The van der Waals surface area contributed by atoms with E-state index in [2.05, 4.69) is 15.3 Å². The summed E-state index contributed by atoms with van der Waals surface area (Å²) in [6.45, 7) is 2.46. The van der Waals surface area contributed by atoms with E-state index < -0.39 is 0 Å². The van der Waals surface area contributed by atoms with Crippen molar-refractivity contribution in [3.05, 3.63) is 46.7 Å². The fourth-order valence-electron chi connectivity index (χ4n) is 2.78. The van der Waals surface area contributed by atoms with Gasteiger partial charge in [-0.05, 0) is 31.3 Å². The zero-order chi connectivity index (χ0) is 20.8. The number of benzene rings is 2. The van der Waals surface area contributed by atoms with Crippen molar-refractivity contribution in [2.45, 2.75) is 6.92 Å². The molecule has 0 aliphatic rings. The van der Waals surface area contributed by atoms with E-state index in [0.717, 1.165) is 5.56 Å². The average molecular weight is 414 g/mol. The quantitative estimate of drug-likeness (QED) is 0.444. The van der Waals surface area contributed by atoms with E-state index in [-0.39, 0.29) is 0 Å². The van der Waals surface area contributed by atoms with Gasteiger partial charge in [0.1, 0.15) is 23.0 Å². The van der Waals surface area contributed by atoms with Crippen molar-refractivity contribution in [2.75, 3.05) is 27.9 Å². The molecule has 0 aliphatic heterocycles. The summed E-state index contributed by atoms with van der Waals surface area (Å²) >= 11 is 5.37. The van der Waals surface area contributed by atoms with Crippen molar-refractivity contribution >= 4 is 18.4 Å². The standard InChI is InChI=1S/C20H22N4O4S/c1-5-28-16-9-7-6-8-14(16)19-22-23-20(29)24(19)21-12-15-17(26-3)10-13(25-2)11-18(15)27-4/h6-12H,5H2,1-4H3,(H,23,29). The number of para-hydroxylation sites is 1. The van der Waals surface area contributed by atoms with E-state index in [1.165, 1.54) is 4.68 Å². The van der Waals surface area contributed by atoms with Crippen LogP contribution in [0.15, 0.2) is 41.5 Å². The van der Waals surface area contributed by atoms with Gasteiger partial charge in [-0.3, -0.25) is 0 Å². The topological polar surface area (TPSA) is 82.9 Å². The number of hydrogen-bond donors (Lipinski definition) is 1. The number of rotatable bonds is 8. The van der Waals surface area contributed by atoms with Gasteiger partial charge in [0.2, 0.25) is 4.77 Å². The molecule has 0 atom stereocenters. The Kier molecular flexibility index (Phi) is 6.50. The van der Waals surface area contributed by atoms with E-state index >= 15 is 0 Å². The van der Waals surface area contributed by atoms with Gasteiger partial charge in [-0.15, -0.1) is 0 Å². The summed E-state index contributed by atoms with van der Waals surface area (Å²) in [6.07, 6.45) is 1.61. The van der Waals surface area contributed by atoms with Crippen LogP contribution in [0.3, 0.4) is 0 Å². The number of nitrogens with zero attached hydrogens (tertiary/aromatic N) is 3. The Bertz CT molecular complexity index is 1050. The predicted octanol–water partition coefficient (Wildman–Crippen LogP) is 3.91. The Labute approximate surface area is 173 Å². The van der Waals surface area contributed by atoms with Gasteiger partial charge in [-0.25, -0.2) is 5.10 Å². The third-order valence-corrected chi connectivity index (χ3v) is 4.40. The van der Waals surface area contributed by atoms with E-state index in [0.29, 0.717) is 45.8 Å². The molecule has 0 saturated carbocycles. The Morgan fingerprint density at radius 3 is 2.38 bits per heavy atom. The van der Waals surface area contributed by atoms with Crippen molar-refractivity contribution in [1.82, 2.24) is 14.9 Å². The van der Waals surface area contributed by atoms with Gasteiger partial charge < -0.3 is 18.9 Å². The van der Waals surface area contributed by atoms with Crippen LogP contribution in [0.4, 0.5) is 0 Å². The summed E-state index contributed by atoms with van der Waals surface area (Å²) in [6, 6.07) is 11.1. The van der Waals surface area contributed by atoms with Crippen LogP contribution in [0.25, 0.3) is 11.4 Å². The SMILES string of the molecule is CCOc1ccccc1-c1n[nH]c(=S)n1N=Cc1c(OC)cc(OC)cc1OC. The normalized spacial score (nSPS) is 10.9. The summed E-state index contributed by atoms with van der Waals surface area (Å²) in [4.78, 5) is 0. The van der Waals surface area contributed by atoms with Crippen molar-refractivity contribution in [3.63, 3.8) is 0 Å². The van der Waals surface area contributed by atoms with Crippen LogP contribution >= 0.6 is 12.2 Å². The van der Waals surface area contributed by atoms with Crippen molar-refractivity contribution < 1.29 is 18.9 Å². The second-order valence-corrected chi connectivity index (χ2v) is 6.17. The van der Waals surface area contributed by atoms with Gasteiger partial charge in [0.25, 0.3) is 0 Å². The van der Waals surface area contributed by atoms with Gasteiger partial charge in [-0.1, -0.05) is 12.1 Å². The highest BCUT2D eigenvalue weighted by Crippen LogP contribution is 2.33. The molecule has 3 aromatic rings. The maximum atomic E-state index is 5.71. The summed E-state index contributed by atoms with van der Waals surface area (Å²) in [5.41, 5.74) is 1.41. The highest BCUT2D eigenvalue weighted by molar-refractivity contribution is 7.71. The molecule has 2 aromatic carbocycles. The van der Waals surface area contributed by atoms with Gasteiger partial charge in [-0.2, -0.15) is 14.9 Å². The predicted molar refractivity (Wildman–Crippen MR) is 113 cm³/mol. The number of aromatic amines is 1. The van der Waals surface area contributed by atoms with E-state index in [1.54, 1.807) is 39.7 Å². The molecule has 0 bridgehead atoms. The molecule has 8 nitrogen and oxygen atoms in total. The van der Waals surface area contributed by atoms with E-state index in [1.807, 2.05) is 31.2 Å². The minimum Gasteiger partial charge on any atom is -0.496 e. The molecule has 0 radical (unpaired) electrons. The van der Waals surface area contributed by atoms with Crippen LogP contribution < -0.4 is 18.9 Å². The lowest BCUT2D eigenvalue weighted by Gasteiger charge is -2.12. The summed E-state index contributed by atoms with van der Waals surface area (Å²) in [5, 5.41) is 11.6. The Hall–Kier alpha value is -3.33. The number of methoxy groups -OCH3 is 3. The van der Waals surface area contributed by atoms with Crippen molar-refractivity contribution in [2.24, 2.45) is 5.10 Å². The monoisotopic (exact) mass is 414 g/mol. The molecule has 1 aromatic heterocycles. The van der Waals surface area contributed by atoms with Crippen LogP contribution in [-0.2, 0) is 0 Å². The minimum absolute atomic E-state index is 0.342. The third kappa shape index (κ3) is 4.24.